The summed E-state index contributed by atoms with van der Waals surface area (Å²) < 4.78 is 0. The molecule has 0 saturated heterocycles. The van der Waals surface area contributed by atoms with Gasteiger partial charge in [0, 0.05) is 10.8 Å². The average molecular weight is 182 g/mol. The van der Waals surface area contributed by atoms with E-state index in [9.17, 15) is 9.59 Å². The van der Waals surface area contributed by atoms with E-state index in [-0.39, 0.29) is 11.5 Å². The van der Waals surface area contributed by atoms with Gasteiger partial charge in [-0.15, -0.1) is 0 Å². The van der Waals surface area contributed by atoms with Gasteiger partial charge in [0.25, 0.3) is 0 Å². The summed E-state index contributed by atoms with van der Waals surface area (Å²) in [4.78, 5) is 22.5. The molecule has 0 radical (unpaired) electrons. The van der Waals surface area contributed by atoms with Crippen molar-refractivity contribution < 1.29 is 9.59 Å². The number of hydrogen-bond acceptors (Lipinski definition) is 2. The normalized spacial score (nSPS) is 12.7. The highest BCUT2D eigenvalue weighted by Gasteiger charge is 2.34. The first kappa shape index (κ1) is 12.4. The maximum Gasteiger partial charge on any atom is 0.187 e. The molecule has 0 saturated carbocycles. The number of Topliss-reactive ketones (excluding diaryl/α,β-unsaturated/α-hetero) is 1. The Bertz CT molecular complexity index is 205. The van der Waals surface area contributed by atoms with Crippen LogP contribution in [0, 0.1) is 10.8 Å². The Labute approximate surface area is 81.5 Å². The number of carbonyl (C=O) groups excluding carboxylic acids is 2. The van der Waals surface area contributed by atoms with Crippen molar-refractivity contribution in [2.45, 2.75) is 41.0 Å². The van der Waals surface area contributed by atoms with Crippen molar-refractivity contribution in [1.29, 1.82) is 0 Å². The zero-order valence-electron chi connectivity index (χ0n) is 9.52. The second-order valence-corrected chi connectivity index (χ2v) is 5.06. The van der Waals surface area contributed by atoms with Gasteiger partial charge >= 0.3 is 0 Å². The highest BCUT2D eigenvalue weighted by Crippen LogP contribution is 2.34. The molecule has 13 heavy (non-hydrogen) atoms. The fraction of sp³-hybridized carbons (Fsp3) is 0.800. The molecule has 3 heteroatoms. The van der Waals surface area contributed by atoms with Crippen molar-refractivity contribution >= 4 is 19.3 Å². The van der Waals surface area contributed by atoms with Crippen molar-refractivity contribution in [1.82, 2.24) is 0 Å². The van der Waals surface area contributed by atoms with Gasteiger partial charge < -0.3 is 4.79 Å². The van der Waals surface area contributed by atoms with E-state index in [1.807, 2.05) is 27.7 Å². The molecule has 0 aliphatic carbocycles. The molecule has 74 valence electrons. The SMILES string of the molecule is BC(=O)C(C)(C)CC(C)(C)C(C)=O. The molecule has 0 N–H and O–H groups in total. The molecule has 0 aromatic heterocycles. The Morgan fingerprint density at radius 1 is 1.08 bits per heavy atom. The smallest absolute Gasteiger partial charge is 0.187 e. The number of ketones is 1. The lowest BCUT2D eigenvalue weighted by Crippen LogP contribution is -2.34. The molecule has 0 rings (SSSR count). The molecule has 0 unspecified atom stereocenters. The van der Waals surface area contributed by atoms with Crippen molar-refractivity contribution in [3.8, 4) is 0 Å². The van der Waals surface area contributed by atoms with E-state index in [0.717, 1.165) is 0 Å². The van der Waals surface area contributed by atoms with Crippen LogP contribution in [-0.4, -0.2) is 19.3 Å². The van der Waals surface area contributed by atoms with Crippen LogP contribution in [-0.2, 0) is 9.59 Å². The first-order valence-electron chi connectivity index (χ1n) is 4.62. The van der Waals surface area contributed by atoms with Crippen LogP contribution in [0.5, 0.6) is 0 Å². The van der Waals surface area contributed by atoms with Gasteiger partial charge in [0.15, 0.2) is 7.85 Å². The molecule has 0 heterocycles. The Morgan fingerprint density at radius 2 is 1.46 bits per heavy atom. The lowest BCUT2D eigenvalue weighted by atomic mass is 9.67. The van der Waals surface area contributed by atoms with Gasteiger partial charge in [-0.2, -0.15) is 0 Å². The van der Waals surface area contributed by atoms with Crippen molar-refractivity contribution in [3.63, 3.8) is 0 Å². The van der Waals surface area contributed by atoms with E-state index >= 15 is 0 Å². The third-order valence-corrected chi connectivity index (χ3v) is 2.79. The van der Waals surface area contributed by atoms with Crippen LogP contribution < -0.4 is 0 Å². The summed E-state index contributed by atoms with van der Waals surface area (Å²) in [6.07, 6.45) is 0.616. The highest BCUT2D eigenvalue weighted by atomic mass is 16.1. The van der Waals surface area contributed by atoms with E-state index in [4.69, 9.17) is 0 Å². The molecule has 0 atom stereocenters. The van der Waals surface area contributed by atoms with Crippen molar-refractivity contribution in [3.05, 3.63) is 0 Å². The zero-order valence-corrected chi connectivity index (χ0v) is 9.52. The first-order chi connectivity index (χ1) is 5.59. The third kappa shape index (κ3) is 3.33. The predicted molar refractivity (Wildman–Crippen MR) is 56.4 cm³/mol. The summed E-state index contributed by atoms with van der Waals surface area (Å²) in [6, 6.07) is 0. The first-order valence-corrected chi connectivity index (χ1v) is 4.62. The standard InChI is InChI=1S/C10H19BO2/c1-7(12)9(2,3)6-10(4,5)8(11)13/h6,11H2,1-5H3. The monoisotopic (exact) mass is 182 g/mol. The quantitative estimate of drug-likeness (QED) is 0.611. The Kier molecular flexibility index (Phi) is 3.48. The minimum absolute atomic E-state index is 0.141. The molecule has 0 aliphatic rings. The van der Waals surface area contributed by atoms with Gasteiger partial charge in [-0.25, -0.2) is 0 Å². The summed E-state index contributed by atoms with van der Waals surface area (Å²) >= 11 is 0. The van der Waals surface area contributed by atoms with Crippen LogP contribution in [0.3, 0.4) is 0 Å². The number of hydrogen-bond donors (Lipinski definition) is 0. The van der Waals surface area contributed by atoms with Gasteiger partial charge in [-0.3, -0.25) is 4.79 Å². The minimum atomic E-state index is -0.394. The lowest BCUT2D eigenvalue weighted by molar-refractivity contribution is -0.128. The average Bonchev–Trinajstić information content (AvgIpc) is 1.83. The van der Waals surface area contributed by atoms with Gasteiger partial charge in [0.2, 0.25) is 0 Å². The van der Waals surface area contributed by atoms with Crippen LogP contribution in [0.4, 0.5) is 0 Å². The summed E-state index contributed by atoms with van der Waals surface area (Å²) in [5, 5.41) is 0. The molecular formula is C10H19BO2. The Balaban J connectivity index is 4.61. The molecule has 0 bridgehead atoms. The van der Waals surface area contributed by atoms with E-state index in [0.29, 0.717) is 6.42 Å². The Hall–Kier alpha value is -0.595. The minimum Gasteiger partial charge on any atom is -0.311 e. The summed E-state index contributed by atoms with van der Waals surface area (Å²) in [5.74, 6) is 0.141. The van der Waals surface area contributed by atoms with Crippen LogP contribution in [0.1, 0.15) is 41.0 Å². The number of carbonyl (C=O) groups is 2. The van der Waals surface area contributed by atoms with Gasteiger partial charge in [0.1, 0.15) is 5.78 Å². The maximum atomic E-state index is 11.3. The van der Waals surface area contributed by atoms with Gasteiger partial charge in [-0.05, 0) is 13.3 Å². The van der Waals surface area contributed by atoms with Crippen molar-refractivity contribution in [2.24, 2.45) is 10.8 Å². The zero-order chi connectivity index (χ0) is 10.9. The fourth-order valence-electron chi connectivity index (χ4n) is 1.35. The predicted octanol–water partition coefficient (Wildman–Crippen LogP) is 1.18. The van der Waals surface area contributed by atoms with Crippen LogP contribution in [0.25, 0.3) is 0 Å². The molecule has 0 spiro atoms. The largest absolute Gasteiger partial charge is 0.311 e. The molecule has 0 fully saturated rings. The topological polar surface area (TPSA) is 34.1 Å². The molecule has 0 amide bonds. The van der Waals surface area contributed by atoms with Crippen molar-refractivity contribution in [2.75, 3.05) is 0 Å². The molecule has 0 aromatic carbocycles. The summed E-state index contributed by atoms with van der Waals surface area (Å²) in [7, 11) is 1.58. The molecule has 0 aliphatic heterocycles. The third-order valence-electron chi connectivity index (χ3n) is 2.79. The molecule has 0 aromatic rings. The van der Waals surface area contributed by atoms with E-state index in [1.54, 1.807) is 14.8 Å². The van der Waals surface area contributed by atoms with E-state index in [1.165, 1.54) is 0 Å². The molecule has 2 nitrogen and oxygen atoms in total. The van der Waals surface area contributed by atoms with Crippen LogP contribution >= 0.6 is 0 Å². The van der Waals surface area contributed by atoms with Crippen LogP contribution in [0.15, 0.2) is 0 Å². The second-order valence-electron chi connectivity index (χ2n) is 5.06. The maximum absolute atomic E-state index is 11.3. The molecular weight excluding hydrogens is 163 g/mol. The summed E-state index contributed by atoms with van der Waals surface area (Å²) in [6.45, 7) is 9.14. The number of rotatable bonds is 4. The lowest BCUT2D eigenvalue weighted by Gasteiger charge is -2.31. The van der Waals surface area contributed by atoms with Gasteiger partial charge in [-0.1, -0.05) is 27.7 Å². The van der Waals surface area contributed by atoms with E-state index < -0.39 is 10.8 Å². The van der Waals surface area contributed by atoms with Gasteiger partial charge in [0.05, 0.1) is 5.68 Å². The summed E-state index contributed by atoms with van der Waals surface area (Å²) in [5.41, 5.74) is -0.647. The second kappa shape index (κ2) is 3.65. The van der Waals surface area contributed by atoms with Crippen LogP contribution in [0.2, 0.25) is 0 Å². The van der Waals surface area contributed by atoms with E-state index in [2.05, 4.69) is 0 Å². The fourth-order valence-corrected chi connectivity index (χ4v) is 1.35. The Morgan fingerprint density at radius 3 is 1.69 bits per heavy atom. The highest BCUT2D eigenvalue weighted by molar-refractivity contribution is 6.58.